The van der Waals surface area contributed by atoms with Gasteiger partial charge in [0, 0.05) is 25.3 Å². The van der Waals surface area contributed by atoms with Crippen molar-refractivity contribution in [2.75, 3.05) is 19.0 Å². The quantitative estimate of drug-likeness (QED) is 0.919. The molecule has 0 fully saturated rings. The predicted octanol–water partition coefficient (Wildman–Crippen LogP) is 3.26. The number of benzene rings is 2. The molecule has 19 heavy (non-hydrogen) atoms. The van der Waals surface area contributed by atoms with Crippen LogP contribution in [0.3, 0.4) is 0 Å². The lowest BCUT2D eigenvalue weighted by Crippen LogP contribution is -2.08. The van der Waals surface area contributed by atoms with Crippen molar-refractivity contribution in [2.45, 2.75) is 0 Å². The number of carboxylic acids is 1. The maximum Gasteiger partial charge on any atom is 0.335 e. The van der Waals surface area contributed by atoms with Crippen molar-refractivity contribution in [3.8, 4) is 11.1 Å². The van der Waals surface area contributed by atoms with Crippen LogP contribution in [-0.2, 0) is 0 Å². The normalized spacial score (nSPS) is 10.3. The smallest absolute Gasteiger partial charge is 0.335 e. The average Bonchev–Trinajstić information content (AvgIpc) is 2.39. The zero-order valence-electron chi connectivity index (χ0n) is 10.7. The molecule has 4 heteroatoms. The molecule has 0 aliphatic rings. The first-order chi connectivity index (χ1) is 8.99. The zero-order chi connectivity index (χ0) is 14.0. The van der Waals surface area contributed by atoms with E-state index < -0.39 is 11.8 Å². The second kappa shape index (κ2) is 5.10. The largest absolute Gasteiger partial charge is 0.478 e. The molecular weight excluding hydrogens is 245 g/mol. The number of hydrogen-bond donors (Lipinski definition) is 1. The number of hydrogen-bond acceptors (Lipinski definition) is 2. The summed E-state index contributed by atoms with van der Waals surface area (Å²) in [5.41, 5.74) is 2.03. The average molecular weight is 259 g/mol. The van der Waals surface area contributed by atoms with Gasteiger partial charge in [-0.1, -0.05) is 12.1 Å². The van der Waals surface area contributed by atoms with Crippen LogP contribution in [0.25, 0.3) is 11.1 Å². The highest BCUT2D eigenvalue weighted by atomic mass is 19.1. The van der Waals surface area contributed by atoms with Gasteiger partial charge in [-0.25, -0.2) is 9.18 Å². The molecule has 0 bridgehead atoms. The molecule has 2 aromatic carbocycles. The molecule has 0 spiro atoms. The Kier molecular flexibility index (Phi) is 3.51. The molecule has 0 unspecified atom stereocenters. The summed E-state index contributed by atoms with van der Waals surface area (Å²) >= 11 is 0. The molecular formula is C15H14FNO2. The molecule has 0 aromatic heterocycles. The minimum Gasteiger partial charge on any atom is -0.478 e. The highest BCUT2D eigenvalue weighted by Gasteiger charge is 2.10. The summed E-state index contributed by atoms with van der Waals surface area (Å²) in [6, 6.07) is 11.1. The third-order valence-electron chi connectivity index (χ3n) is 2.91. The van der Waals surface area contributed by atoms with Crippen LogP contribution in [0.4, 0.5) is 10.1 Å². The second-order valence-corrected chi connectivity index (χ2v) is 4.44. The van der Waals surface area contributed by atoms with Gasteiger partial charge in [-0.15, -0.1) is 0 Å². The Labute approximate surface area is 110 Å². The Bertz CT molecular complexity index is 606. The Morgan fingerprint density at radius 2 is 1.74 bits per heavy atom. The summed E-state index contributed by atoms with van der Waals surface area (Å²) in [6.07, 6.45) is 0. The van der Waals surface area contributed by atoms with E-state index >= 15 is 0 Å². The molecule has 0 amide bonds. The fraction of sp³-hybridized carbons (Fsp3) is 0.133. The predicted molar refractivity (Wildman–Crippen MR) is 73.1 cm³/mol. The number of rotatable bonds is 3. The maximum absolute atomic E-state index is 13.8. The van der Waals surface area contributed by atoms with Gasteiger partial charge in [0.05, 0.1) is 5.56 Å². The van der Waals surface area contributed by atoms with Gasteiger partial charge in [0.25, 0.3) is 0 Å². The van der Waals surface area contributed by atoms with Crippen LogP contribution in [0.1, 0.15) is 10.4 Å². The number of nitrogens with zero attached hydrogens (tertiary/aromatic N) is 1. The van der Waals surface area contributed by atoms with Gasteiger partial charge in [-0.3, -0.25) is 0 Å². The second-order valence-electron chi connectivity index (χ2n) is 4.44. The van der Waals surface area contributed by atoms with Crippen LogP contribution in [0.15, 0.2) is 42.5 Å². The molecule has 2 aromatic rings. The summed E-state index contributed by atoms with van der Waals surface area (Å²) < 4.78 is 13.8. The number of halogens is 1. The van der Waals surface area contributed by atoms with Crippen molar-refractivity contribution in [1.82, 2.24) is 0 Å². The van der Waals surface area contributed by atoms with Crippen LogP contribution in [0.5, 0.6) is 0 Å². The van der Waals surface area contributed by atoms with Gasteiger partial charge in [0.2, 0.25) is 0 Å². The Hall–Kier alpha value is -2.36. The summed E-state index contributed by atoms with van der Waals surface area (Å²) in [5.74, 6) is -1.49. The van der Waals surface area contributed by atoms with E-state index in [2.05, 4.69) is 0 Å². The molecule has 2 rings (SSSR count). The molecule has 0 saturated heterocycles. The zero-order valence-corrected chi connectivity index (χ0v) is 10.7. The molecule has 0 saturated carbocycles. The van der Waals surface area contributed by atoms with Gasteiger partial charge in [-0.05, 0) is 35.9 Å². The lowest BCUT2D eigenvalue weighted by molar-refractivity contribution is 0.0697. The molecule has 0 aliphatic heterocycles. The van der Waals surface area contributed by atoms with E-state index in [1.807, 2.05) is 31.1 Å². The molecule has 0 radical (unpaired) electrons. The lowest BCUT2D eigenvalue weighted by Gasteiger charge is -2.13. The molecule has 0 atom stereocenters. The Balaban J connectivity index is 2.46. The Morgan fingerprint density at radius 3 is 2.26 bits per heavy atom. The number of aromatic carboxylic acids is 1. The molecule has 3 nitrogen and oxygen atoms in total. The van der Waals surface area contributed by atoms with Crippen LogP contribution in [-0.4, -0.2) is 25.2 Å². The SMILES string of the molecule is CN(C)c1ccc(-c2cc(C(=O)O)ccc2F)cc1. The van der Waals surface area contributed by atoms with Crippen molar-refractivity contribution in [3.63, 3.8) is 0 Å². The van der Waals surface area contributed by atoms with E-state index in [0.717, 1.165) is 5.69 Å². The number of carboxylic acid groups (broad SMARTS) is 1. The van der Waals surface area contributed by atoms with Gasteiger partial charge in [0.15, 0.2) is 0 Å². The molecule has 0 aliphatic carbocycles. The van der Waals surface area contributed by atoms with Crippen LogP contribution < -0.4 is 4.90 Å². The minimum atomic E-state index is -1.06. The fourth-order valence-electron chi connectivity index (χ4n) is 1.82. The van der Waals surface area contributed by atoms with E-state index in [-0.39, 0.29) is 5.56 Å². The fourth-order valence-corrected chi connectivity index (χ4v) is 1.82. The summed E-state index contributed by atoms with van der Waals surface area (Å²) in [4.78, 5) is 12.8. The van der Waals surface area contributed by atoms with Crippen molar-refractivity contribution in [2.24, 2.45) is 0 Å². The van der Waals surface area contributed by atoms with Crippen molar-refractivity contribution < 1.29 is 14.3 Å². The standard InChI is InChI=1S/C15H14FNO2/c1-17(2)12-6-3-10(4-7-12)13-9-11(15(18)19)5-8-14(13)16/h3-9H,1-2H3,(H,18,19). The first-order valence-electron chi connectivity index (χ1n) is 5.79. The van der Waals surface area contributed by atoms with Crippen molar-refractivity contribution in [1.29, 1.82) is 0 Å². The monoisotopic (exact) mass is 259 g/mol. The molecule has 0 heterocycles. The summed E-state index contributed by atoms with van der Waals surface area (Å²) in [7, 11) is 3.83. The van der Waals surface area contributed by atoms with E-state index in [4.69, 9.17) is 5.11 Å². The summed E-state index contributed by atoms with van der Waals surface area (Å²) in [5, 5.41) is 8.93. The highest BCUT2D eigenvalue weighted by Crippen LogP contribution is 2.26. The number of anilines is 1. The lowest BCUT2D eigenvalue weighted by atomic mass is 10.0. The highest BCUT2D eigenvalue weighted by molar-refractivity contribution is 5.89. The Morgan fingerprint density at radius 1 is 1.11 bits per heavy atom. The third kappa shape index (κ3) is 2.73. The summed E-state index contributed by atoms with van der Waals surface area (Å²) in [6.45, 7) is 0. The number of carbonyl (C=O) groups is 1. The van der Waals surface area contributed by atoms with Gasteiger partial charge in [-0.2, -0.15) is 0 Å². The molecule has 1 N–H and O–H groups in total. The van der Waals surface area contributed by atoms with Crippen molar-refractivity contribution in [3.05, 3.63) is 53.8 Å². The first kappa shape index (κ1) is 13.1. The minimum absolute atomic E-state index is 0.0769. The van der Waals surface area contributed by atoms with Crippen LogP contribution >= 0.6 is 0 Å². The van der Waals surface area contributed by atoms with Crippen LogP contribution in [0.2, 0.25) is 0 Å². The van der Waals surface area contributed by atoms with Gasteiger partial charge in [0.1, 0.15) is 5.82 Å². The first-order valence-corrected chi connectivity index (χ1v) is 5.79. The third-order valence-corrected chi connectivity index (χ3v) is 2.91. The van der Waals surface area contributed by atoms with Crippen LogP contribution in [0, 0.1) is 5.82 Å². The van der Waals surface area contributed by atoms with E-state index in [9.17, 15) is 9.18 Å². The topological polar surface area (TPSA) is 40.5 Å². The van der Waals surface area contributed by atoms with Gasteiger partial charge >= 0.3 is 5.97 Å². The van der Waals surface area contributed by atoms with E-state index in [1.54, 1.807) is 12.1 Å². The molecule has 98 valence electrons. The van der Waals surface area contributed by atoms with Gasteiger partial charge < -0.3 is 10.0 Å². The van der Waals surface area contributed by atoms with Crippen molar-refractivity contribution >= 4 is 11.7 Å². The van der Waals surface area contributed by atoms with E-state index in [0.29, 0.717) is 11.1 Å². The maximum atomic E-state index is 13.8. The van der Waals surface area contributed by atoms with E-state index in [1.165, 1.54) is 18.2 Å².